The molecular weight excluding hydrogens is 395 g/mol. The van der Waals surface area contributed by atoms with Crippen LogP contribution in [0.4, 0.5) is 0 Å². The minimum Gasteiger partial charge on any atom is -0.411 e. The van der Waals surface area contributed by atoms with Crippen LogP contribution in [0.1, 0.15) is 5.69 Å². The van der Waals surface area contributed by atoms with Crippen molar-refractivity contribution in [2.24, 2.45) is 0 Å². The monoisotopic (exact) mass is 404 g/mol. The number of fused-ring (bicyclic) bond motifs is 1. The van der Waals surface area contributed by atoms with E-state index in [1.807, 2.05) is 0 Å². The minimum atomic E-state index is -0.194. The largest absolute Gasteiger partial charge is 0.411 e. The predicted octanol–water partition coefficient (Wildman–Crippen LogP) is 4.34. The van der Waals surface area contributed by atoms with Gasteiger partial charge in [0.05, 0.1) is 10.7 Å². The third kappa shape index (κ3) is 3.60. The minimum absolute atomic E-state index is 0.194. The van der Waals surface area contributed by atoms with Crippen molar-refractivity contribution in [2.75, 3.05) is 0 Å². The van der Waals surface area contributed by atoms with Gasteiger partial charge in [-0.1, -0.05) is 35.0 Å². The summed E-state index contributed by atoms with van der Waals surface area (Å²) in [5.74, 6) is 0.835. The van der Waals surface area contributed by atoms with Gasteiger partial charge < -0.3 is 4.42 Å². The third-order valence-electron chi connectivity index (χ3n) is 3.52. The second-order valence-electron chi connectivity index (χ2n) is 5.33. The molecule has 1 aromatic carbocycles. The molecule has 0 saturated carbocycles. The fourth-order valence-corrected chi connectivity index (χ4v) is 3.26. The number of hydrogen-bond acceptors (Lipinski definition) is 6. The maximum atomic E-state index is 12.2. The van der Waals surface area contributed by atoms with Crippen LogP contribution in [-0.2, 0) is 5.75 Å². The molecule has 0 unspecified atom stereocenters. The summed E-state index contributed by atoms with van der Waals surface area (Å²) in [6.07, 6.45) is 1.54. The first-order valence-corrected chi connectivity index (χ1v) is 9.23. The van der Waals surface area contributed by atoms with Gasteiger partial charge in [0, 0.05) is 28.6 Å². The van der Waals surface area contributed by atoms with Crippen LogP contribution in [0, 0.1) is 0 Å². The first-order valence-electron chi connectivity index (χ1n) is 7.48. The lowest BCUT2D eigenvalue weighted by molar-refractivity contribution is 0.466. The smallest absolute Gasteiger partial charge is 0.277 e. The van der Waals surface area contributed by atoms with Gasteiger partial charge in [0.15, 0.2) is 0 Å². The quantitative estimate of drug-likeness (QED) is 0.470. The normalized spacial score (nSPS) is 11.2. The molecule has 0 aliphatic carbocycles. The SMILES string of the molecule is O=c1cc(CSc2nnc(-c3ccc(Cl)cc3)o2)nc2ccc(Cl)cn12. The van der Waals surface area contributed by atoms with Crippen molar-refractivity contribution >= 4 is 40.6 Å². The van der Waals surface area contributed by atoms with Crippen molar-refractivity contribution < 1.29 is 4.42 Å². The van der Waals surface area contributed by atoms with Crippen molar-refractivity contribution in [3.8, 4) is 11.5 Å². The van der Waals surface area contributed by atoms with Crippen molar-refractivity contribution in [2.45, 2.75) is 11.0 Å². The van der Waals surface area contributed by atoms with E-state index < -0.39 is 0 Å². The molecular formula is C17H10Cl2N4O2S. The summed E-state index contributed by atoms with van der Waals surface area (Å²) in [4.78, 5) is 16.6. The summed E-state index contributed by atoms with van der Waals surface area (Å²) < 4.78 is 7.04. The maximum Gasteiger partial charge on any atom is 0.277 e. The summed E-state index contributed by atoms with van der Waals surface area (Å²) in [5, 5.41) is 9.54. The van der Waals surface area contributed by atoms with Gasteiger partial charge in [-0.15, -0.1) is 10.2 Å². The highest BCUT2D eigenvalue weighted by atomic mass is 35.5. The average Bonchev–Trinajstić information content (AvgIpc) is 3.10. The highest BCUT2D eigenvalue weighted by Gasteiger charge is 2.10. The Balaban J connectivity index is 1.52. The summed E-state index contributed by atoms with van der Waals surface area (Å²) in [7, 11) is 0. The molecule has 0 saturated heterocycles. The Morgan fingerprint density at radius 2 is 1.81 bits per heavy atom. The van der Waals surface area contributed by atoms with Gasteiger partial charge >= 0.3 is 0 Å². The maximum absolute atomic E-state index is 12.2. The number of pyridine rings is 1. The Bertz CT molecular complexity index is 1140. The van der Waals surface area contributed by atoms with Crippen LogP contribution in [0.25, 0.3) is 17.1 Å². The Labute approximate surface area is 161 Å². The van der Waals surface area contributed by atoms with Gasteiger partial charge in [-0.25, -0.2) is 4.98 Å². The lowest BCUT2D eigenvalue weighted by Gasteiger charge is -2.03. The molecule has 0 N–H and O–H groups in total. The molecule has 3 heterocycles. The summed E-state index contributed by atoms with van der Waals surface area (Å²) in [6.45, 7) is 0. The average molecular weight is 405 g/mol. The van der Waals surface area contributed by atoms with E-state index in [0.717, 1.165) is 5.56 Å². The van der Waals surface area contributed by atoms with E-state index in [4.69, 9.17) is 27.6 Å². The zero-order chi connectivity index (χ0) is 18.1. The van der Waals surface area contributed by atoms with Crippen LogP contribution < -0.4 is 5.56 Å². The standard InChI is InChI=1S/C17H10Cl2N4O2S/c18-11-3-1-10(2-4-11)16-21-22-17(25-16)26-9-13-7-15(24)23-8-12(19)5-6-14(23)20-13/h1-8H,9H2. The zero-order valence-corrected chi connectivity index (χ0v) is 15.4. The number of halogens is 2. The van der Waals surface area contributed by atoms with E-state index in [1.165, 1.54) is 22.2 Å². The Morgan fingerprint density at radius 3 is 2.62 bits per heavy atom. The van der Waals surface area contributed by atoms with Gasteiger partial charge in [0.1, 0.15) is 5.65 Å². The van der Waals surface area contributed by atoms with Crippen LogP contribution in [-0.4, -0.2) is 19.6 Å². The molecule has 0 bridgehead atoms. The van der Waals surface area contributed by atoms with Gasteiger partial charge in [0.25, 0.3) is 10.8 Å². The predicted molar refractivity (Wildman–Crippen MR) is 101 cm³/mol. The van der Waals surface area contributed by atoms with Crippen molar-refractivity contribution in [1.82, 2.24) is 19.6 Å². The summed E-state index contributed by atoms with van der Waals surface area (Å²) in [6, 6.07) is 12.0. The summed E-state index contributed by atoms with van der Waals surface area (Å²) >= 11 is 13.1. The highest BCUT2D eigenvalue weighted by Crippen LogP contribution is 2.26. The van der Waals surface area contributed by atoms with Crippen molar-refractivity contribution in [1.29, 1.82) is 0 Å². The van der Waals surface area contributed by atoms with E-state index in [0.29, 0.717) is 38.3 Å². The molecule has 4 rings (SSSR count). The lowest BCUT2D eigenvalue weighted by Crippen LogP contribution is -2.15. The lowest BCUT2D eigenvalue weighted by atomic mass is 10.2. The van der Waals surface area contributed by atoms with E-state index >= 15 is 0 Å². The number of hydrogen-bond donors (Lipinski definition) is 0. The van der Waals surface area contributed by atoms with E-state index in [9.17, 15) is 4.79 Å². The first-order chi connectivity index (χ1) is 12.6. The molecule has 6 nitrogen and oxygen atoms in total. The van der Waals surface area contributed by atoms with Crippen LogP contribution in [0.5, 0.6) is 0 Å². The fraction of sp³-hybridized carbons (Fsp3) is 0.0588. The van der Waals surface area contributed by atoms with Crippen molar-refractivity contribution in [3.05, 3.63) is 74.8 Å². The van der Waals surface area contributed by atoms with E-state index in [-0.39, 0.29) is 5.56 Å². The highest BCUT2D eigenvalue weighted by molar-refractivity contribution is 7.98. The molecule has 3 aromatic heterocycles. The molecule has 4 aromatic rings. The van der Waals surface area contributed by atoms with Crippen LogP contribution in [0.15, 0.2) is 63.1 Å². The summed E-state index contributed by atoms with van der Waals surface area (Å²) in [5.41, 5.74) is 1.74. The van der Waals surface area contributed by atoms with Crippen LogP contribution in [0.2, 0.25) is 10.0 Å². The number of nitrogens with zero attached hydrogens (tertiary/aromatic N) is 4. The fourth-order valence-electron chi connectivity index (χ4n) is 2.31. The molecule has 0 spiro atoms. The Kier molecular flexibility index (Phi) is 4.67. The van der Waals surface area contributed by atoms with Gasteiger partial charge in [-0.2, -0.15) is 0 Å². The van der Waals surface area contributed by atoms with Crippen molar-refractivity contribution in [3.63, 3.8) is 0 Å². The topological polar surface area (TPSA) is 73.3 Å². The molecule has 0 radical (unpaired) electrons. The molecule has 0 amide bonds. The third-order valence-corrected chi connectivity index (χ3v) is 4.85. The zero-order valence-electron chi connectivity index (χ0n) is 13.1. The van der Waals surface area contributed by atoms with Gasteiger partial charge in [0.2, 0.25) is 5.89 Å². The van der Waals surface area contributed by atoms with Crippen LogP contribution >= 0.6 is 35.0 Å². The second kappa shape index (κ2) is 7.11. The molecule has 0 fully saturated rings. The van der Waals surface area contributed by atoms with Gasteiger partial charge in [-0.05, 0) is 36.4 Å². The Hall–Kier alpha value is -2.35. The Morgan fingerprint density at radius 1 is 1.04 bits per heavy atom. The molecule has 0 atom stereocenters. The molecule has 130 valence electrons. The van der Waals surface area contributed by atoms with Crippen LogP contribution in [0.3, 0.4) is 0 Å². The molecule has 0 aliphatic heterocycles. The number of thioether (sulfide) groups is 1. The number of benzene rings is 1. The second-order valence-corrected chi connectivity index (χ2v) is 7.13. The first kappa shape index (κ1) is 17.1. The van der Waals surface area contributed by atoms with E-state index in [2.05, 4.69) is 15.2 Å². The molecule has 9 heteroatoms. The molecule has 26 heavy (non-hydrogen) atoms. The number of rotatable bonds is 4. The van der Waals surface area contributed by atoms with Gasteiger partial charge in [-0.3, -0.25) is 9.20 Å². The molecule has 0 aliphatic rings. The van der Waals surface area contributed by atoms with E-state index in [1.54, 1.807) is 42.6 Å². The number of aromatic nitrogens is 4.